The molecule has 0 unspecified atom stereocenters. The molecule has 0 radical (unpaired) electrons. The summed E-state index contributed by atoms with van der Waals surface area (Å²) >= 11 is 0. The highest BCUT2D eigenvalue weighted by Crippen LogP contribution is 2.15. The van der Waals surface area contributed by atoms with Crippen LogP contribution in [0.2, 0.25) is 0 Å². The van der Waals surface area contributed by atoms with Crippen LogP contribution in [0.3, 0.4) is 0 Å². The van der Waals surface area contributed by atoms with Gasteiger partial charge in [0.25, 0.3) is 5.69 Å². The second kappa shape index (κ2) is 26.3. The van der Waals surface area contributed by atoms with E-state index in [1.807, 2.05) is 13.8 Å². The van der Waals surface area contributed by atoms with E-state index >= 15 is 0 Å². The first-order valence-corrected chi connectivity index (χ1v) is 19.9. The number of primary amides is 1. The number of aliphatic hydroxyl groups is 1. The van der Waals surface area contributed by atoms with Gasteiger partial charge in [-0.1, -0.05) is 66.5 Å². The average Bonchev–Trinajstić information content (AvgIpc) is 3.19. The van der Waals surface area contributed by atoms with Gasteiger partial charge in [0.1, 0.15) is 36.3 Å². The van der Waals surface area contributed by atoms with Gasteiger partial charge in [-0.25, -0.2) is 0 Å². The number of nitro benzene ring substituents is 1. The number of amides is 7. The van der Waals surface area contributed by atoms with Crippen molar-refractivity contribution in [3.8, 4) is 0 Å². The number of nitrogens with two attached hydrogens (primary N) is 4. The van der Waals surface area contributed by atoms with Crippen molar-refractivity contribution >= 4 is 53.0 Å². The number of nitrogens with zero attached hydrogens (tertiary/aromatic N) is 2. The number of hydrogen-bond donors (Lipinski definition) is 11. The molecule has 22 heteroatoms. The van der Waals surface area contributed by atoms with Crippen LogP contribution in [0.25, 0.3) is 0 Å². The normalized spacial score (nSPS) is 15.0. The SMILES string of the molecule is CC[C@H](C)[C@H](NC(=O)[C@H](Cc1ccc([N+](=O)[O-])cc1)NC(=O)[C@H](CCCN=C(N)N)NC(=O)CNC(=O)[C@@H](NC(=O)[C@H](CC(C)C)NC(=O)[C@@H](N)CO)[C@@H](C)CC)C(N)=O. The van der Waals surface area contributed by atoms with Crippen LogP contribution in [0.15, 0.2) is 29.3 Å². The molecular formula is C38H64N12O10. The maximum absolute atomic E-state index is 13.9. The number of nitrogens with one attached hydrogen (secondary N) is 6. The molecule has 0 heterocycles. The third kappa shape index (κ3) is 18.4. The predicted molar refractivity (Wildman–Crippen MR) is 222 cm³/mol. The lowest BCUT2D eigenvalue weighted by molar-refractivity contribution is -0.384. The first-order chi connectivity index (χ1) is 28.1. The number of benzene rings is 1. The molecule has 22 nitrogen and oxygen atoms in total. The van der Waals surface area contributed by atoms with E-state index in [0.717, 1.165) is 0 Å². The van der Waals surface area contributed by atoms with Crippen LogP contribution in [0, 0.1) is 27.9 Å². The average molecular weight is 849 g/mol. The second-order valence-corrected chi connectivity index (χ2v) is 15.1. The Bertz CT molecular complexity index is 1650. The summed E-state index contributed by atoms with van der Waals surface area (Å²) in [6, 6.07) is -1.99. The minimum atomic E-state index is -1.36. The molecule has 0 aliphatic heterocycles. The molecule has 0 saturated heterocycles. The van der Waals surface area contributed by atoms with Gasteiger partial charge in [0, 0.05) is 25.1 Å². The minimum absolute atomic E-state index is 0.0423. The Morgan fingerprint density at radius 2 is 1.28 bits per heavy atom. The fourth-order valence-corrected chi connectivity index (χ4v) is 5.77. The summed E-state index contributed by atoms with van der Waals surface area (Å²) in [5.74, 6) is -6.46. The van der Waals surface area contributed by atoms with Crippen molar-refractivity contribution in [2.24, 2.45) is 45.7 Å². The molecular weight excluding hydrogens is 784 g/mol. The smallest absolute Gasteiger partial charge is 0.269 e. The summed E-state index contributed by atoms with van der Waals surface area (Å²) in [6.07, 6.45) is 1.07. The molecule has 0 fully saturated rings. The van der Waals surface area contributed by atoms with Gasteiger partial charge < -0.3 is 59.9 Å². The molecule has 8 atom stereocenters. The van der Waals surface area contributed by atoms with Crippen LogP contribution >= 0.6 is 0 Å². The van der Waals surface area contributed by atoms with Gasteiger partial charge in [0.2, 0.25) is 41.4 Å². The molecule has 1 rings (SSSR count). The summed E-state index contributed by atoms with van der Waals surface area (Å²) in [5.41, 5.74) is 22.3. The molecule has 0 aliphatic carbocycles. The van der Waals surface area contributed by atoms with Crippen molar-refractivity contribution in [1.29, 1.82) is 0 Å². The number of rotatable bonds is 27. The molecule has 336 valence electrons. The third-order valence-corrected chi connectivity index (χ3v) is 9.72. The molecule has 1 aromatic rings. The summed E-state index contributed by atoms with van der Waals surface area (Å²) < 4.78 is 0. The van der Waals surface area contributed by atoms with Crippen molar-refractivity contribution in [2.75, 3.05) is 19.7 Å². The Kier molecular flexibility index (Phi) is 22.8. The van der Waals surface area contributed by atoms with Crippen LogP contribution in [0.1, 0.15) is 79.2 Å². The van der Waals surface area contributed by atoms with E-state index in [2.05, 4.69) is 36.9 Å². The topological polar surface area (TPSA) is 371 Å². The Labute approximate surface area is 349 Å². The van der Waals surface area contributed by atoms with E-state index in [-0.39, 0.29) is 55.7 Å². The molecule has 0 aromatic heterocycles. The van der Waals surface area contributed by atoms with Gasteiger partial charge in [-0.3, -0.25) is 48.7 Å². The highest BCUT2D eigenvalue weighted by Gasteiger charge is 2.33. The van der Waals surface area contributed by atoms with E-state index in [9.17, 15) is 48.8 Å². The number of hydrogen-bond acceptors (Lipinski definition) is 12. The number of carbonyl (C=O) groups excluding carboxylic acids is 7. The van der Waals surface area contributed by atoms with Gasteiger partial charge in [0.15, 0.2) is 5.96 Å². The standard InChI is InChI=1S/C38H64N12O10/c1-7-21(5)30(32(40)53)48-36(57)28(17-23-11-13-24(14-12-23)50(59)60)47-34(55)26(10-9-15-43-38(41)42)45-29(52)18-44-37(58)31(22(6)8-2)49-35(56)27(16-20(3)4)46-33(54)25(39)19-51/h11-14,20-22,25-28,30-31,51H,7-10,15-19,39H2,1-6H3,(H2,40,53)(H,44,58)(H,45,52)(H,46,54)(H,47,55)(H,48,57)(H,49,56)(H4,41,42,43)/t21-,22-,25-,26-,27-,28-,30-,31-/m0/s1. The molecule has 15 N–H and O–H groups in total. The Balaban J connectivity index is 3.33. The predicted octanol–water partition coefficient (Wildman–Crippen LogP) is -2.33. The number of nitro groups is 1. The number of aliphatic imine (C=N–C) groups is 1. The number of aliphatic hydroxyl groups excluding tert-OH is 1. The monoisotopic (exact) mass is 848 g/mol. The van der Waals surface area contributed by atoms with Crippen molar-refractivity contribution < 1.29 is 43.6 Å². The first kappa shape index (κ1) is 52.1. The molecule has 60 heavy (non-hydrogen) atoms. The largest absolute Gasteiger partial charge is 0.394 e. The zero-order chi connectivity index (χ0) is 45.7. The molecule has 7 amide bonds. The van der Waals surface area contributed by atoms with Crippen LogP contribution in [0.5, 0.6) is 0 Å². The van der Waals surface area contributed by atoms with E-state index in [4.69, 9.17) is 22.9 Å². The van der Waals surface area contributed by atoms with Crippen LogP contribution in [-0.2, 0) is 40.0 Å². The lowest BCUT2D eigenvalue weighted by atomic mass is 9.96. The minimum Gasteiger partial charge on any atom is -0.394 e. The lowest BCUT2D eigenvalue weighted by Crippen LogP contribution is -2.59. The quantitative estimate of drug-likeness (QED) is 0.0146. The van der Waals surface area contributed by atoms with Crippen LogP contribution in [0.4, 0.5) is 5.69 Å². The molecule has 0 bridgehead atoms. The highest BCUT2D eigenvalue weighted by molar-refractivity contribution is 5.96. The summed E-state index contributed by atoms with van der Waals surface area (Å²) in [5, 5.41) is 35.9. The van der Waals surface area contributed by atoms with Gasteiger partial charge in [-0.2, -0.15) is 0 Å². The number of guanidine groups is 1. The van der Waals surface area contributed by atoms with Crippen LogP contribution in [-0.4, -0.2) is 113 Å². The van der Waals surface area contributed by atoms with Crippen molar-refractivity contribution in [1.82, 2.24) is 31.9 Å². The molecule has 1 aromatic carbocycles. The zero-order valence-electron chi connectivity index (χ0n) is 35.2. The fourth-order valence-electron chi connectivity index (χ4n) is 5.77. The van der Waals surface area contributed by atoms with Gasteiger partial charge in [0.05, 0.1) is 18.1 Å². The van der Waals surface area contributed by atoms with E-state index in [0.29, 0.717) is 18.4 Å². The van der Waals surface area contributed by atoms with E-state index < -0.39 is 102 Å². The van der Waals surface area contributed by atoms with Gasteiger partial charge in [-0.15, -0.1) is 0 Å². The molecule has 0 saturated carbocycles. The maximum Gasteiger partial charge on any atom is 0.269 e. The number of carbonyl (C=O) groups is 7. The van der Waals surface area contributed by atoms with E-state index in [1.165, 1.54) is 24.3 Å². The van der Waals surface area contributed by atoms with Crippen molar-refractivity contribution in [3.05, 3.63) is 39.9 Å². The fraction of sp³-hybridized carbons (Fsp3) is 0.632. The Hall–Kier alpha value is -5.90. The Morgan fingerprint density at radius 1 is 0.750 bits per heavy atom. The summed E-state index contributed by atoms with van der Waals surface area (Å²) in [6.45, 7) is 9.43. The summed E-state index contributed by atoms with van der Waals surface area (Å²) in [7, 11) is 0. The first-order valence-electron chi connectivity index (χ1n) is 19.9. The van der Waals surface area contributed by atoms with Gasteiger partial charge in [-0.05, 0) is 42.6 Å². The zero-order valence-corrected chi connectivity index (χ0v) is 35.2. The highest BCUT2D eigenvalue weighted by atomic mass is 16.6. The third-order valence-electron chi connectivity index (χ3n) is 9.72. The van der Waals surface area contributed by atoms with E-state index in [1.54, 1.807) is 27.7 Å². The Morgan fingerprint density at radius 3 is 1.80 bits per heavy atom. The van der Waals surface area contributed by atoms with Crippen LogP contribution < -0.4 is 54.8 Å². The molecule has 0 spiro atoms. The summed E-state index contributed by atoms with van der Waals surface area (Å²) in [4.78, 5) is 107. The lowest BCUT2D eigenvalue weighted by Gasteiger charge is -2.28. The number of non-ortho nitro benzene ring substituents is 1. The van der Waals surface area contributed by atoms with Gasteiger partial charge >= 0.3 is 0 Å². The van der Waals surface area contributed by atoms with Crippen molar-refractivity contribution in [3.63, 3.8) is 0 Å². The van der Waals surface area contributed by atoms with Crippen molar-refractivity contribution in [2.45, 2.75) is 116 Å². The molecule has 0 aliphatic rings. The second-order valence-electron chi connectivity index (χ2n) is 15.1. The maximum atomic E-state index is 13.9.